The molecule has 2 aliphatic rings. The van der Waals surface area contributed by atoms with E-state index in [1.54, 1.807) is 6.20 Å². The first-order chi connectivity index (χ1) is 9.92. The van der Waals surface area contributed by atoms with E-state index in [0.29, 0.717) is 6.04 Å². The first-order valence-corrected chi connectivity index (χ1v) is 7.31. The molecule has 2 atom stereocenters. The van der Waals surface area contributed by atoms with Gasteiger partial charge < -0.3 is 14.6 Å². The van der Waals surface area contributed by atoms with E-state index in [1.165, 1.54) is 24.0 Å². The maximum atomic E-state index is 6.02. The van der Waals surface area contributed by atoms with Crippen molar-refractivity contribution in [2.24, 2.45) is 0 Å². The van der Waals surface area contributed by atoms with Gasteiger partial charge in [-0.15, -0.1) is 0 Å². The molecule has 4 heteroatoms. The van der Waals surface area contributed by atoms with Crippen LogP contribution in [0.4, 0.5) is 0 Å². The third-order valence-corrected chi connectivity index (χ3v) is 4.30. The van der Waals surface area contributed by atoms with Crippen molar-refractivity contribution in [2.75, 3.05) is 13.2 Å². The summed E-state index contributed by atoms with van der Waals surface area (Å²) >= 11 is 0. The Hall–Kier alpha value is -1.65. The number of nitrogens with zero attached hydrogens (tertiary/aromatic N) is 1. The summed E-state index contributed by atoms with van der Waals surface area (Å²) in [5.74, 6) is 0.829. The molecule has 20 heavy (non-hydrogen) atoms. The number of hydrogen-bond acceptors (Lipinski definition) is 4. The summed E-state index contributed by atoms with van der Waals surface area (Å²) < 4.78 is 11.3. The fraction of sp³-hybridized carbons (Fsp3) is 0.438. The van der Waals surface area contributed by atoms with Crippen LogP contribution in [0.3, 0.4) is 0 Å². The first-order valence-electron chi connectivity index (χ1n) is 7.31. The molecule has 1 aromatic carbocycles. The highest BCUT2D eigenvalue weighted by Gasteiger charge is 2.30. The van der Waals surface area contributed by atoms with E-state index < -0.39 is 0 Å². The SMILES string of the molecule is c1cc(-c2ccc3c(c2)CCO[C@@H]3C2CCCN2)on1. The lowest BCUT2D eigenvalue weighted by atomic mass is 9.91. The third-order valence-electron chi connectivity index (χ3n) is 4.30. The fourth-order valence-corrected chi connectivity index (χ4v) is 3.31. The largest absolute Gasteiger partial charge is 0.372 e. The molecule has 0 spiro atoms. The Morgan fingerprint density at radius 2 is 2.25 bits per heavy atom. The highest BCUT2D eigenvalue weighted by Crippen LogP contribution is 2.35. The van der Waals surface area contributed by atoms with Crippen molar-refractivity contribution in [3.8, 4) is 11.3 Å². The van der Waals surface area contributed by atoms with Crippen LogP contribution in [0.1, 0.15) is 30.1 Å². The van der Waals surface area contributed by atoms with Gasteiger partial charge in [0.1, 0.15) is 0 Å². The predicted molar refractivity (Wildman–Crippen MR) is 75.4 cm³/mol. The molecule has 2 aromatic rings. The molecule has 3 heterocycles. The summed E-state index contributed by atoms with van der Waals surface area (Å²) in [5, 5.41) is 7.33. The van der Waals surface area contributed by atoms with Crippen molar-refractivity contribution in [3.05, 3.63) is 41.6 Å². The standard InChI is InChI=1S/C16H18N2O2/c1-2-14(17-7-1)16-13-4-3-12(15-5-8-18-20-15)10-11(13)6-9-19-16/h3-5,8,10,14,16-17H,1-2,6-7,9H2/t14?,16-/m0/s1. The van der Waals surface area contributed by atoms with Crippen molar-refractivity contribution < 1.29 is 9.26 Å². The van der Waals surface area contributed by atoms with Crippen LogP contribution in [-0.2, 0) is 11.2 Å². The van der Waals surface area contributed by atoms with E-state index in [1.807, 2.05) is 6.07 Å². The smallest absolute Gasteiger partial charge is 0.166 e. The highest BCUT2D eigenvalue weighted by molar-refractivity contribution is 5.59. The van der Waals surface area contributed by atoms with Crippen LogP contribution in [0.2, 0.25) is 0 Å². The number of fused-ring (bicyclic) bond motifs is 1. The monoisotopic (exact) mass is 270 g/mol. The zero-order chi connectivity index (χ0) is 13.4. The average Bonchev–Trinajstić information content (AvgIpc) is 3.19. The van der Waals surface area contributed by atoms with E-state index >= 15 is 0 Å². The van der Waals surface area contributed by atoms with E-state index in [9.17, 15) is 0 Å². The van der Waals surface area contributed by atoms with Gasteiger partial charge >= 0.3 is 0 Å². The summed E-state index contributed by atoms with van der Waals surface area (Å²) in [6.07, 6.45) is 5.30. The lowest BCUT2D eigenvalue weighted by Gasteiger charge is -2.30. The van der Waals surface area contributed by atoms with Gasteiger partial charge in [-0.25, -0.2) is 0 Å². The molecular weight excluding hydrogens is 252 g/mol. The second kappa shape index (κ2) is 5.04. The molecule has 0 amide bonds. The van der Waals surface area contributed by atoms with Gasteiger partial charge in [-0.1, -0.05) is 17.3 Å². The van der Waals surface area contributed by atoms with Crippen LogP contribution >= 0.6 is 0 Å². The Kier molecular flexibility index (Phi) is 3.05. The number of benzene rings is 1. The van der Waals surface area contributed by atoms with Crippen LogP contribution in [0, 0.1) is 0 Å². The summed E-state index contributed by atoms with van der Waals surface area (Å²) in [6.45, 7) is 1.91. The number of hydrogen-bond donors (Lipinski definition) is 1. The fourth-order valence-electron chi connectivity index (χ4n) is 3.31. The zero-order valence-electron chi connectivity index (χ0n) is 11.3. The number of rotatable bonds is 2. The molecule has 0 saturated carbocycles. The molecule has 1 aromatic heterocycles. The lowest BCUT2D eigenvalue weighted by molar-refractivity contribution is 0.0199. The lowest BCUT2D eigenvalue weighted by Crippen LogP contribution is -2.33. The number of ether oxygens (including phenoxy) is 1. The second-order valence-corrected chi connectivity index (χ2v) is 5.53. The molecule has 4 rings (SSSR count). The predicted octanol–water partition coefficient (Wildman–Crippen LogP) is 2.71. The Morgan fingerprint density at radius 1 is 1.25 bits per heavy atom. The minimum absolute atomic E-state index is 0.199. The van der Waals surface area contributed by atoms with Crippen molar-refractivity contribution >= 4 is 0 Å². The molecule has 1 fully saturated rings. The van der Waals surface area contributed by atoms with E-state index in [2.05, 4.69) is 28.7 Å². The van der Waals surface area contributed by atoms with Crippen molar-refractivity contribution in [2.45, 2.75) is 31.4 Å². The van der Waals surface area contributed by atoms with Crippen LogP contribution in [0.5, 0.6) is 0 Å². The topological polar surface area (TPSA) is 47.3 Å². The Bertz CT molecular complexity index is 589. The van der Waals surface area contributed by atoms with Crippen molar-refractivity contribution in [1.82, 2.24) is 10.5 Å². The molecule has 2 aliphatic heterocycles. The van der Waals surface area contributed by atoms with E-state index in [4.69, 9.17) is 9.26 Å². The summed E-state index contributed by atoms with van der Waals surface area (Å²) in [7, 11) is 0. The van der Waals surface area contributed by atoms with Gasteiger partial charge in [0, 0.05) is 17.7 Å². The molecule has 0 bridgehead atoms. The maximum Gasteiger partial charge on any atom is 0.166 e. The van der Waals surface area contributed by atoms with E-state index in [-0.39, 0.29) is 6.10 Å². The summed E-state index contributed by atoms with van der Waals surface area (Å²) in [4.78, 5) is 0. The quantitative estimate of drug-likeness (QED) is 0.911. The summed E-state index contributed by atoms with van der Waals surface area (Å²) in [6, 6.07) is 8.88. The Balaban J connectivity index is 1.69. The van der Waals surface area contributed by atoms with Gasteiger partial charge in [0.15, 0.2) is 5.76 Å². The van der Waals surface area contributed by atoms with Gasteiger partial charge in [-0.05, 0) is 43.0 Å². The van der Waals surface area contributed by atoms with Gasteiger partial charge in [0.05, 0.1) is 18.9 Å². The average molecular weight is 270 g/mol. The normalized spacial score (nSPS) is 25.6. The molecule has 1 saturated heterocycles. The molecular formula is C16H18N2O2. The highest BCUT2D eigenvalue weighted by atomic mass is 16.5. The minimum Gasteiger partial charge on any atom is -0.372 e. The number of nitrogens with one attached hydrogen (secondary N) is 1. The van der Waals surface area contributed by atoms with Gasteiger partial charge in [-0.2, -0.15) is 0 Å². The van der Waals surface area contributed by atoms with Crippen LogP contribution in [-0.4, -0.2) is 24.4 Å². The van der Waals surface area contributed by atoms with E-state index in [0.717, 1.165) is 30.9 Å². The molecule has 0 aliphatic carbocycles. The van der Waals surface area contributed by atoms with Gasteiger partial charge in [0.25, 0.3) is 0 Å². The van der Waals surface area contributed by atoms with Crippen LogP contribution < -0.4 is 5.32 Å². The molecule has 104 valence electrons. The van der Waals surface area contributed by atoms with Crippen molar-refractivity contribution in [1.29, 1.82) is 0 Å². The molecule has 1 N–H and O–H groups in total. The second-order valence-electron chi connectivity index (χ2n) is 5.53. The molecule has 1 unspecified atom stereocenters. The van der Waals surface area contributed by atoms with Gasteiger partial charge in [-0.3, -0.25) is 0 Å². The third kappa shape index (κ3) is 2.05. The Morgan fingerprint density at radius 3 is 3.05 bits per heavy atom. The minimum atomic E-state index is 0.199. The maximum absolute atomic E-state index is 6.02. The first kappa shape index (κ1) is 12.1. The molecule has 0 radical (unpaired) electrons. The Labute approximate surface area is 118 Å². The summed E-state index contributed by atoms with van der Waals surface area (Å²) in [5.41, 5.74) is 3.81. The molecule has 4 nitrogen and oxygen atoms in total. The van der Waals surface area contributed by atoms with Crippen LogP contribution in [0.25, 0.3) is 11.3 Å². The zero-order valence-corrected chi connectivity index (χ0v) is 11.3. The number of aromatic nitrogens is 1. The van der Waals surface area contributed by atoms with Crippen LogP contribution in [0.15, 0.2) is 35.0 Å². The van der Waals surface area contributed by atoms with Crippen molar-refractivity contribution in [3.63, 3.8) is 0 Å². The van der Waals surface area contributed by atoms with Gasteiger partial charge in [0.2, 0.25) is 0 Å².